The zero-order valence-electron chi connectivity index (χ0n) is 21.7. The summed E-state index contributed by atoms with van der Waals surface area (Å²) in [6.45, 7) is 3.39. The molecule has 7 rings (SSSR count). The predicted molar refractivity (Wildman–Crippen MR) is 140 cm³/mol. The molecule has 16 heteroatoms. The standard InChI is InChI=1S/C26H16N12O4/c1-11-17-20(32-37(25(17)41)15-7-3-5-13(9-15)21(39)23-27-33-34-28-23)12(2)18-19(11)31-38(26(18)42)16-8-4-6-14(10-16)22(40)24-29-35-36-30-24/h3-10H,1-2H3,(H,27,28,33,34)(H,29,30,35,36). The summed E-state index contributed by atoms with van der Waals surface area (Å²) >= 11 is 0. The Morgan fingerprint density at radius 1 is 0.667 bits per heavy atom. The lowest BCUT2D eigenvalue weighted by Crippen LogP contribution is -2.29. The van der Waals surface area contributed by atoms with E-state index in [9.17, 15) is 19.2 Å². The number of rotatable bonds is 6. The average Bonchev–Trinajstić information content (AvgIpc) is 3.82. The molecule has 2 N–H and O–H groups in total. The van der Waals surface area contributed by atoms with Gasteiger partial charge in [0.1, 0.15) is 10.7 Å². The van der Waals surface area contributed by atoms with E-state index in [-0.39, 0.29) is 22.8 Å². The third-order valence-electron chi connectivity index (χ3n) is 6.95. The lowest BCUT2D eigenvalue weighted by Gasteiger charge is -2.13. The lowest BCUT2D eigenvalue weighted by atomic mass is 9.97. The normalized spacial score (nSPS) is 13.6. The van der Waals surface area contributed by atoms with Crippen LogP contribution in [0.3, 0.4) is 0 Å². The Labute approximate surface area is 233 Å². The van der Waals surface area contributed by atoms with Gasteiger partial charge in [0, 0.05) is 11.1 Å². The smallest absolute Gasteiger partial charge is 0.281 e. The number of fused-ring (bicyclic) bond motifs is 2. The van der Waals surface area contributed by atoms with Crippen LogP contribution in [0.4, 0.5) is 11.4 Å². The van der Waals surface area contributed by atoms with Crippen LogP contribution in [-0.4, -0.2) is 64.6 Å². The minimum absolute atomic E-state index is 0.113. The van der Waals surface area contributed by atoms with E-state index in [4.69, 9.17) is 0 Å². The first-order valence-corrected chi connectivity index (χ1v) is 12.4. The van der Waals surface area contributed by atoms with E-state index in [1.54, 1.807) is 50.2 Å². The van der Waals surface area contributed by atoms with Crippen molar-refractivity contribution < 1.29 is 19.2 Å². The van der Waals surface area contributed by atoms with Crippen molar-refractivity contribution in [3.63, 3.8) is 0 Å². The van der Waals surface area contributed by atoms with Crippen LogP contribution in [0.1, 0.15) is 64.2 Å². The van der Waals surface area contributed by atoms with Crippen LogP contribution in [0.25, 0.3) is 0 Å². The Balaban J connectivity index is 1.26. The molecule has 2 amide bonds. The molecule has 0 aliphatic carbocycles. The number of H-pyrrole nitrogens is 2. The zero-order valence-corrected chi connectivity index (χ0v) is 21.7. The molecule has 4 heterocycles. The van der Waals surface area contributed by atoms with Gasteiger partial charge < -0.3 is 0 Å². The second-order valence-corrected chi connectivity index (χ2v) is 9.36. The van der Waals surface area contributed by atoms with E-state index in [0.29, 0.717) is 44.3 Å². The molecule has 2 aliphatic rings. The highest BCUT2D eigenvalue weighted by molar-refractivity contribution is 6.13. The van der Waals surface area contributed by atoms with Crippen LogP contribution in [0, 0.1) is 13.8 Å². The maximum absolute atomic E-state index is 13.7. The molecular formula is C26H16N12O4. The highest BCUT2D eigenvalue weighted by atomic mass is 16.2. The topological polar surface area (TPSA) is 208 Å². The number of benzene rings is 3. The van der Waals surface area contributed by atoms with Crippen molar-refractivity contribution in [1.82, 2.24) is 41.2 Å². The van der Waals surface area contributed by atoms with Crippen LogP contribution in [0.5, 0.6) is 0 Å². The molecular weight excluding hydrogens is 544 g/mol. The molecule has 5 aromatic rings. The molecule has 16 nitrogen and oxygen atoms in total. The third-order valence-corrected chi connectivity index (χ3v) is 6.95. The van der Waals surface area contributed by atoms with Crippen LogP contribution in [0.15, 0.2) is 58.7 Å². The fourth-order valence-electron chi connectivity index (χ4n) is 4.92. The molecule has 0 atom stereocenters. The molecule has 2 aromatic heterocycles. The summed E-state index contributed by atoms with van der Waals surface area (Å²) in [5, 5.41) is 38.3. The summed E-state index contributed by atoms with van der Waals surface area (Å²) in [4.78, 5) is 52.7. The van der Waals surface area contributed by atoms with Gasteiger partial charge in [-0.1, -0.05) is 24.3 Å². The Kier molecular flexibility index (Phi) is 5.36. The Morgan fingerprint density at radius 3 is 1.48 bits per heavy atom. The fourth-order valence-corrected chi connectivity index (χ4v) is 4.92. The number of hydrogen-bond acceptors (Lipinski definition) is 12. The van der Waals surface area contributed by atoms with Crippen molar-refractivity contribution in [2.75, 3.05) is 10.0 Å². The number of carbonyl (C=O) groups excluding carboxylic acids is 4. The minimum atomic E-state index is -0.478. The van der Waals surface area contributed by atoms with Gasteiger partial charge in [-0.05, 0) is 59.7 Å². The lowest BCUT2D eigenvalue weighted by molar-refractivity contribution is 0.0984. The largest absolute Gasteiger partial charge is 0.285 e. The molecule has 0 unspecified atom stereocenters. The van der Waals surface area contributed by atoms with Gasteiger partial charge in [0.2, 0.25) is 23.2 Å². The maximum Gasteiger partial charge on any atom is 0.281 e. The van der Waals surface area contributed by atoms with Crippen molar-refractivity contribution in [3.8, 4) is 0 Å². The van der Waals surface area contributed by atoms with E-state index < -0.39 is 23.4 Å². The summed E-state index contributed by atoms with van der Waals surface area (Å²) in [6.07, 6.45) is 0. The van der Waals surface area contributed by atoms with E-state index in [1.807, 2.05) is 0 Å². The molecule has 0 bridgehead atoms. The van der Waals surface area contributed by atoms with Crippen molar-refractivity contribution in [3.05, 3.63) is 104 Å². The average molecular weight is 560 g/mol. The number of carbonyl (C=O) groups is 4. The Morgan fingerprint density at radius 2 is 1.10 bits per heavy atom. The van der Waals surface area contributed by atoms with Gasteiger partial charge in [-0.25, -0.2) is 0 Å². The van der Waals surface area contributed by atoms with Crippen molar-refractivity contribution in [2.45, 2.75) is 13.8 Å². The maximum atomic E-state index is 13.7. The number of nitrogens with zero attached hydrogens (tertiary/aromatic N) is 10. The van der Waals surface area contributed by atoms with Crippen LogP contribution in [0.2, 0.25) is 0 Å². The molecule has 0 spiro atoms. The number of tetrazole rings is 2. The van der Waals surface area contributed by atoms with Gasteiger partial charge >= 0.3 is 0 Å². The van der Waals surface area contributed by atoms with Gasteiger partial charge in [-0.2, -0.15) is 30.6 Å². The Bertz CT molecular complexity index is 1950. The number of aromatic amines is 2. The second-order valence-electron chi connectivity index (χ2n) is 9.36. The number of amides is 2. The zero-order chi connectivity index (χ0) is 29.1. The van der Waals surface area contributed by atoms with Gasteiger partial charge in [-0.3, -0.25) is 19.2 Å². The first-order chi connectivity index (χ1) is 20.3. The predicted octanol–water partition coefficient (Wildman–Crippen LogP) is 0.182. The highest BCUT2D eigenvalue weighted by Gasteiger charge is 2.36. The SMILES string of the molecule is Cc1c2c(c(C)c3c1=NN(c1cccc(C(=O)c4nn[nH]n4)c1)C3=O)=NN(c1cccc(C(=O)c3nn[nH]n3)c1)C2=O. The van der Waals surface area contributed by atoms with Crippen molar-refractivity contribution >= 4 is 34.8 Å². The van der Waals surface area contributed by atoms with E-state index in [2.05, 4.69) is 51.5 Å². The Hall–Kier alpha value is -6.32. The quantitative estimate of drug-likeness (QED) is 0.269. The monoisotopic (exact) mass is 560 g/mol. The number of anilines is 2. The van der Waals surface area contributed by atoms with Crippen LogP contribution < -0.4 is 20.7 Å². The summed E-state index contributed by atoms with van der Waals surface area (Å²) in [5.74, 6) is -2.06. The first kappa shape index (κ1) is 24.7. The molecule has 3 aromatic carbocycles. The summed E-state index contributed by atoms with van der Waals surface area (Å²) in [5.41, 5.74) is 2.69. The molecule has 0 radical (unpaired) electrons. The number of nitrogens with one attached hydrogen (secondary N) is 2. The highest BCUT2D eigenvalue weighted by Crippen LogP contribution is 2.27. The molecule has 0 saturated carbocycles. The fraction of sp³-hybridized carbons (Fsp3) is 0.0769. The van der Waals surface area contributed by atoms with Crippen LogP contribution >= 0.6 is 0 Å². The molecule has 204 valence electrons. The molecule has 0 fully saturated rings. The number of ketones is 2. The summed E-state index contributed by atoms with van der Waals surface area (Å²) < 4.78 is 0. The van der Waals surface area contributed by atoms with Gasteiger partial charge in [-0.15, -0.1) is 20.4 Å². The summed E-state index contributed by atoms with van der Waals surface area (Å²) in [6, 6.07) is 12.6. The molecule has 42 heavy (non-hydrogen) atoms. The van der Waals surface area contributed by atoms with E-state index in [1.165, 1.54) is 22.2 Å². The van der Waals surface area contributed by atoms with Crippen LogP contribution in [-0.2, 0) is 0 Å². The van der Waals surface area contributed by atoms with Crippen molar-refractivity contribution in [1.29, 1.82) is 0 Å². The number of hydrogen-bond donors (Lipinski definition) is 2. The second kappa shape index (κ2) is 9.12. The van der Waals surface area contributed by atoms with E-state index >= 15 is 0 Å². The van der Waals surface area contributed by atoms with Crippen molar-refractivity contribution in [2.24, 2.45) is 10.2 Å². The third kappa shape index (κ3) is 3.62. The molecule has 2 aliphatic heterocycles. The molecule has 0 saturated heterocycles. The van der Waals surface area contributed by atoms with Gasteiger partial charge in [0.05, 0.1) is 22.5 Å². The van der Waals surface area contributed by atoms with Gasteiger partial charge in [0.15, 0.2) is 0 Å². The number of aromatic nitrogens is 8. The minimum Gasteiger partial charge on any atom is -0.285 e. The summed E-state index contributed by atoms with van der Waals surface area (Å²) in [7, 11) is 0. The first-order valence-electron chi connectivity index (χ1n) is 12.4. The van der Waals surface area contributed by atoms with Gasteiger partial charge in [0.25, 0.3) is 11.8 Å². The van der Waals surface area contributed by atoms with E-state index in [0.717, 1.165) is 0 Å².